The van der Waals surface area contributed by atoms with Crippen LogP contribution in [0.1, 0.15) is 31.2 Å². The molecule has 1 spiro atoms. The number of aromatic nitrogens is 2. The largest absolute Gasteiger partial charge is 0.356 e. The highest BCUT2D eigenvalue weighted by Gasteiger charge is 2.43. The highest BCUT2D eigenvalue weighted by atomic mass is 127. The lowest BCUT2D eigenvalue weighted by Gasteiger charge is -2.38. The molecule has 2 heterocycles. The summed E-state index contributed by atoms with van der Waals surface area (Å²) < 4.78 is 1.94. The van der Waals surface area contributed by atoms with Crippen molar-refractivity contribution in [2.24, 2.45) is 10.4 Å². The molecule has 2 aromatic rings. The molecule has 5 nitrogen and oxygen atoms in total. The molecule has 0 amide bonds. The van der Waals surface area contributed by atoms with Gasteiger partial charge in [-0.15, -0.1) is 24.0 Å². The van der Waals surface area contributed by atoms with Gasteiger partial charge in [0.2, 0.25) is 0 Å². The zero-order valence-corrected chi connectivity index (χ0v) is 17.7. The summed E-state index contributed by atoms with van der Waals surface area (Å²) in [6.45, 7) is 3.21. The van der Waals surface area contributed by atoms with Crippen molar-refractivity contribution >= 4 is 29.9 Å². The van der Waals surface area contributed by atoms with Crippen molar-refractivity contribution in [2.75, 3.05) is 26.7 Å². The summed E-state index contributed by atoms with van der Waals surface area (Å²) in [4.78, 5) is 6.93. The van der Waals surface area contributed by atoms with E-state index in [4.69, 9.17) is 0 Å². The minimum atomic E-state index is 0. The average molecular weight is 465 g/mol. The number of rotatable bonds is 4. The Morgan fingerprint density at radius 2 is 2.04 bits per heavy atom. The first-order valence-corrected chi connectivity index (χ1v) is 9.33. The highest BCUT2D eigenvalue weighted by molar-refractivity contribution is 14.0. The SMILES string of the molecule is CN=C(NCCc1cnn(-c2ccccc2)c1)N1CCC2(CCC2)C1.I. The molecule has 0 unspecified atom stereocenters. The summed E-state index contributed by atoms with van der Waals surface area (Å²) in [5, 5.41) is 8.00. The van der Waals surface area contributed by atoms with Crippen molar-refractivity contribution in [3.05, 3.63) is 48.3 Å². The zero-order valence-electron chi connectivity index (χ0n) is 15.4. The molecule has 1 N–H and O–H groups in total. The Morgan fingerprint density at radius 1 is 1.23 bits per heavy atom. The number of hydrogen-bond acceptors (Lipinski definition) is 2. The van der Waals surface area contributed by atoms with E-state index in [1.165, 1.54) is 37.8 Å². The molecule has 0 bridgehead atoms. The van der Waals surface area contributed by atoms with E-state index in [0.717, 1.165) is 31.2 Å². The molecule has 0 atom stereocenters. The fourth-order valence-corrected chi connectivity index (χ4v) is 4.06. The number of benzene rings is 1. The lowest BCUT2D eigenvalue weighted by molar-refractivity contribution is 0.151. The Morgan fingerprint density at radius 3 is 2.69 bits per heavy atom. The monoisotopic (exact) mass is 465 g/mol. The summed E-state index contributed by atoms with van der Waals surface area (Å²) in [7, 11) is 1.89. The first kappa shape index (κ1) is 19.2. The summed E-state index contributed by atoms with van der Waals surface area (Å²) in [5.41, 5.74) is 2.94. The van der Waals surface area contributed by atoms with E-state index >= 15 is 0 Å². The van der Waals surface area contributed by atoms with Crippen LogP contribution in [0.4, 0.5) is 0 Å². The number of para-hydroxylation sites is 1. The molecule has 26 heavy (non-hydrogen) atoms. The van der Waals surface area contributed by atoms with E-state index in [1.807, 2.05) is 36.1 Å². The van der Waals surface area contributed by atoms with Crippen LogP contribution in [0.25, 0.3) is 5.69 Å². The second-order valence-electron chi connectivity index (χ2n) is 7.38. The van der Waals surface area contributed by atoms with Gasteiger partial charge in [-0.1, -0.05) is 24.6 Å². The molecule has 4 rings (SSSR count). The predicted octanol–water partition coefficient (Wildman–Crippen LogP) is 3.48. The highest BCUT2D eigenvalue weighted by Crippen LogP contribution is 2.47. The van der Waals surface area contributed by atoms with Crippen LogP contribution in [0.5, 0.6) is 0 Å². The van der Waals surface area contributed by atoms with Gasteiger partial charge in [0.05, 0.1) is 11.9 Å². The molecule has 1 aromatic heterocycles. The molecule has 6 heteroatoms. The summed E-state index contributed by atoms with van der Waals surface area (Å²) >= 11 is 0. The van der Waals surface area contributed by atoms with E-state index in [0.29, 0.717) is 5.41 Å². The lowest BCUT2D eigenvalue weighted by Crippen LogP contribution is -2.43. The third-order valence-electron chi connectivity index (χ3n) is 5.72. The fraction of sp³-hybridized carbons (Fsp3) is 0.500. The van der Waals surface area contributed by atoms with Crippen molar-refractivity contribution in [3.8, 4) is 5.69 Å². The Kier molecular flexibility index (Phi) is 6.21. The van der Waals surface area contributed by atoms with Crippen LogP contribution in [0.3, 0.4) is 0 Å². The van der Waals surface area contributed by atoms with E-state index in [-0.39, 0.29) is 24.0 Å². The van der Waals surface area contributed by atoms with Crippen LogP contribution in [0, 0.1) is 5.41 Å². The van der Waals surface area contributed by atoms with Crippen LogP contribution in [0.15, 0.2) is 47.7 Å². The topological polar surface area (TPSA) is 45.5 Å². The molecule has 2 fully saturated rings. The molecule has 1 saturated carbocycles. The first-order chi connectivity index (χ1) is 12.3. The summed E-state index contributed by atoms with van der Waals surface area (Å²) in [6, 6.07) is 10.2. The van der Waals surface area contributed by atoms with E-state index in [9.17, 15) is 0 Å². The Bertz CT molecular complexity index is 736. The standard InChI is InChI=1S/C20H27N5.HI/c1-21-19(24-13-11-20(16-24)9-5-10-20)22-12-8-17-14-23-25(15-17)18-6-3-2-4-7-18;/h2-4,6-7,14-15H,5,8-13,16H2,1H3,(H,21,22);1H. The molecule has 1 aliphatic carbocycles. The Labute approximate surface area is 172 Å². The van der Waals surface area contributed by atoms with Crippen molar-refractivity contribution < 1.29 is 0 Å². The number of hydrogen-bond donors (Lipinski definition) is 1. The predicted molar refractivity (Wildman–Crippen MR) is 117 cm³/mol. The van der Waals surface area contributed by atoms with E-state index in [1.54, 1.807) is 0 Å². The smallest absolute Gasteiger partial charge is 0.193 e. The second kappa shape index (κ2) is 8.41. The van der Waals surface area contributed by atoms with Gasteiger partial charge < -0.3 is 10.2 Å². The minimum absolute atomic E-state index is 0. The Hall–Kier alpha value is -1.57. The maximum absolute atomic E-state index is 4.49. The van der Waals surface area contributed by atoms with E-state index < -0.39 is 0 Å². The number of halogens is 1. The number of guanidine groups is 1. The summed E-state index contributed by atoms with van der Waals surface area (Å²) in [6.07, 6.45) is 10.6. The third-order valence-corrected chi connectivity index (χ3v) is 5.72. The third kappa shape index (κ3) is 4.05. The van der Waals surface area contributed by atoms with Crippen LogP contribution >= 0.6 is 24.0 Å². The van der Waals surface area contributed by atoms with Crippen LogP contribution in [0.2, 0.25) is 0 Å². The van der Waals surface area contributed by atoms with Gasteiger partial charge in [-0.2, -0.15) is 5.10 Å². The lowest BCUT2D eigenvalue weighted by atomic mass is 9.68. The maximum atomic E-state index is 4.49. The molecule has 0 radical (unpaired) electrons. The van der Waals surface area contributed by atoms with Gasteiger partial charge in [-0.3, -0.25) is 4.99 Å². The van der Waals surface area contributed by atoms with Gasteiger partial charge in [0, 0.05) is 32.9 Å². The van der Waals surface area contributed by atoms with Crippen LogP contribution in [-0.2, 0) is 6.42 Å². The van der Waals surface area contributed by atoms with Crippen molar-refractivity contribution in [2.45, 2.75) is 32.1 Å². The molecule has 2 aliphatic rings. The van der Waals surface area contributed by atoms with E-state index in [2.05, 4.69) is 38.6 Å². The van der Waals surface area contributed by atoms with Gasteiger partial charge in [-0.05, 0) is 48.8 Å². The Balaban J connectivity index is 0.00000196. The number of aliphatic imine (C=N–C) groups is 1. The number of nitrogens with zero attached hydrogens (tertiary/aromatic N) is 4. The van der Waals surface area contributed by atoms with Gasteiger partial charge in [0.15, 0.2) is 5.96 Å². The molecular formula is C20H28IN5. The molecular weight excluding hydrogens is 437 g/mol. The molecule has 1 aliphatic heterocycles. The number of likely N-dealkylation sites (tertiary alicyclic amines) is 1. The molecule has 1 saturated heterocycles. The van der Waals surface area contributed by atoms with Crippen LogP contribution < -0.4 is 5.32 Å². The van der Waals surface area contributed by atoms with Gasteiger partial charge >= 0.3 is 0 Å². The maximum Gasteiger partial charge on any atom is 0.193 e. The quantitative estimate of drug-likeness (QED) is 0.427. The van der Waals surface area contributed by atoms with Crippen molar-refractivity contribution in [1.82, 2.24) is 20.0 Å². The van der Waals surface area contributed by atoms with Crippen molar-refractivity contribution in [1.29, 1.82) is 0 Å². The minimum Gasteiger partial charge on any atom is -0.356 e. The van der Waals surface area contributed by atoms with Gasteiger partial charge in [0.25, 0.3) is 0 Å². The second-order valence-corrected chi connectivity index (χ2v) is 7.38. The van der Waals surface area contributed by atoms with Crippen LogP contribution in [-0.4, -0.2) is 47.3 Å². The van der Waals surface area contributed by atoms with Crippen molar-refractivity contribution in [3.63, 3.8) is 0 Å². The molecule has 1 aromatic carbocycles. The average Bonchev–Trinajstić information content (AvgIpc) is 3.27. The normalized spacial score (nSPS) is 18.5. The first-order valence-electron chi connectivity index (χ1n) is 9.33. The fourth-order valence-electron chi connectivity index (χ4n) is 4.06. The number of nitrogens with one attached hydrogen (secondary N) is 1. The summed E-state index contributed by atoms with van der Waals surface area (Å²) in [5.74, 6) is 1.05. The van der Waals surface area contributed by atoms with Gasteiger partial charge in [-0.25, -0.2) is 4.68 Å². The zero-order chi connectivity index (χ0) is 17.1. The molecule has 140 valence electrons. The van der Waals surface area contributed by atoms with Gasteiger partial charge in [0.1, 0.15) is 0 Å².